The van der Waals surface area contributed by atoms with Crippen LogP contribution in [0.1, 0.15) is 28.8 Å². The fraction of sp³-hybridized carbons (Fsp3) is 0.400. The summed E-state index contributed by atoms with van der Waals surface area (Å²) >= 11 is 3.93. The van der Waals surface area contributed by atoms with Crippen LogP contribution in [0.2, 0.25) is 0 Å². The van der Waals surface area contributed by atoms with Gasteiger partial charge in [0.15, 0.2) is 0 Å². The highest BCUT2D eigenvalue weighted by Gasteiger charge is 2.39. The van der Waals surface area contributed by atoms with E-state index in [0.717, 1.165) is 11.3 Å². The van der Waals surface area contributed by atoms with Gasteiger partial charge in [0.2, 0.25) is 11.8 Å². The van der Waals surface area contributed by atoms with Crippen molar-refractivity contribution in [3.63, 3.8) is 0 Å². The van der Waals surface area contributed by atoms with Gasteiger partial charge in [-0.05, 0) is 18.1 Å². The summed E-state index contributed by atoms with van der Waals surface area (Å²) in [5.41, 5.74) is 2.26. The second kappa shape index (κ2) is 6.59. The highest BCUT2D eigenvalue weighted by molar-refractivity contribution is 7.78. The molecular weight excluding hydrogens is 316 g/mol. The predicted octanol–water partition coefficient (Wildman–Crippen LogP) is 0.294. The van der Waals surface area contributed by atoms with Gasteiger partial charge in [-0.1, -0.05) is 24.9 Å². The molecule has 1 aromatic carbocycles. The van der Waals surface area contributed by atoms with Crippen molar-refractivity contribution in [2.24, 2.45) is 0 Å². The Morgan fingerprint density at radius 2 is 2.09 bits per heavy atom. The second-order valence-electron chi connectivity index (χ2n) is 5.57. The van der Waals surface area contributed by atoms with Crippen molar-refractivity contribution in [3.05, 3.63) is 29.3 Å². The normalized spacial score (nSPS) is 20.5. The quantitative estimate of drug-likeness (QED) is 0.353. The van der Waals surface area contributed by atoms with Crippen LogP contribution in [0.25, 0.3) is 0 Å². The summed E-state index contributed by atoms with van der Waals surface area (Å²) in [4.78, 5) is 37.6. The van der Waals surface area contributed by atoms with Crippen LogP contribution >= 0.6 is 12.8 Å². The average molecular weight is 334 g/mol. The minimum Gasteiger partial charge on any atom is -0.383 e. The maximum atomic E-state index is 12.8. The van der Waals surface area contributed by atoms with E-state index in [2.05, 4.69) is 28.2 Å². The van der Waals surface area contributed by atoms with Gasteiger partial charge in [-0.15, -0.1) is 0 Å². The first-order chi connectivity index (χ1) is 11.1. The van der Waals surface area contributed by atoms with Crippen LogP contribution in [0.15, 0.2) is 18.2 Å². The number of carbonyl (C=O) groups excluding carboxylic acids is 3. The Morgan fingerprint density at radius 3 is 2.83 bits per heavy atom. The molecule has 1 aromatic rings. The van der Waals surface area contributed by atoms with Crippen molar-refractivity contribution in [1.29, 1.82) is 0 Å². The number of carbonyl (C=O) groups is 3. The molecule has 0 aliphatic carbocycles. The Balaban J connectivity index is 1.80. The number of hydrogen-bond acceptors (Lipinski definition) is 6. The third kappa shape index (κ3) is 3.04. The zero-order chi connectivity index (χ0) is 16.4. The molecule has 7 nitrogen and oxygen atoms in total. The largest absolute Gasteiger partial charge is 0.383 e. The van der Waals surface area contributed by atoms with Gasteiger partial charge in [-0.25, -0.2) is 0 Å². The van der Waals surface area contributed by atoms with E-state index < -0.39 is 11.9 Å². The smallest absolute Gasteiger partial charge is 0.257 e. The van der Waals surface area contributed by atoms with E-state index >= 15 is 0 Å². The highest BCUT2D eigenvalue weighted by atomic mass is 32.1. The van der Waals surface area contributed by atoms with Gasteiger partial charge in [-0.2, -0.15) is 0 Å². The van der Waals surface area contributed by atoms with E-state index in [1.54, 1.807) is 4.90 Å². The van der Waals surface area contributed by atoms with Gasteiger partial charge >= 0.3 is 0 Å². The molecule has 0 bridgehead atoms. The van der Waals surface area contributed by atoms with Crippen molar-refractivity contribution in [1.82, 2.24) is 14.9 Å². The third-order valence-corrected chi connectivity index (χ3v) is 4.33. The first kappa shape index (κ1) is 15.8. The van der Waals surface area contributed by atoms with Crippen LogP contribution in [0.4, 0.5) is 5.69 Å². The standard InChI is InChI=1S/C15H18N4O3S/c20-12-5-4-11(14(21)18-12)19-8-9-2-1-3-10(13(9)15(19)22)16-6-7-17-23/h1-3,11,16-17,23H,4-8H2,(H,18,20,21). The molecule has 0 aromatic heterocycles. The van der Waals surface area contributed by atoms with E-state index in [1.807, 2.05) is 18.2 Å². The molecule has 0 radical (unpaired) electrons. The number of anilines is 1. The van der Waals surface area contributed by atoms with Crippen molar-refractivity contribution < 1.29 is 14.4 Å². The molecular formula is C15H18N4O3S. The van der Waals surface area contributed by atoms with Crippen LogP contribution in [0, 0.1) is 0 Å². The van der Waals surface area contributed by atoms with E-state index in [-0.39, 0.29) is 18.2 Å². The number of benzene rings is 1. The number of nitrogens with zero attached hydrogens (tertiary/aromatic N) is 1. The number of nitrogens with one attached hydrogen (secondary N) is 3. The van der Waals surface area contributed by atoms with Gasteiger partial charge in [0.25, 0.3) is 5.91 Å². The summed E-state index contributed by atoms with van der Waals surface area (Å²) in [6.45, 7) is 1.67. The molecule has 2 aliphatic rings. The van der Waals surface area contributed by atoms with Crippen LogP contribution in [0.5, 0.6) is 0 Å². The summed E-state index contributed by atoms with van der Waals surface area (Å²) in [5, 5.41) is 5.51. The van der Waals surface area contributed by atoms with Gasteiger partial charge < -0.3 is 10.2 Å². The number of amides is 3. The molecule has 1 fully saturated rings. The predicted molar refractivity (Wildman–Crippen MR) is 88.0 cm³/mol. The Labute approximate surface area is 139 Å². The Morgan fingerprint density at radius 1 is 1.26 bits per heavy atom. The number of fused-ring (bicyclic) bond motifs is 1. The second-order valence-corrected chi connectivity index (χ2v) is 5.89. The molecule has 8 heteroatoms. The van der Waals surface area contributed by atoms with Gasteiger partial charge in [0.05, 0.1) is 5.56 Å². The van der Waals surface area contributed by atoms with Crippen LogP contribution in [-0.2, 0) is 16.1 Å². The number of hydrogen-bond donors (Lipinski definition) is 4. The lowest BCUT2D eigenvalue weighted by atomic mass is 10.0. The lowest BCUT2D eigenvalue weighted by Gasteiger charge is -2.29. The number of piperidine rings is 1. The molecule has 0 spiro atoms. The molecule has 23 heavy (non-hydrogen) atoms. The zero-order valence-corrected chi connectivity index (χ0v) is 13.4. The lowest BCUT2D eigenvalue weighted by molar-refractivity contribution is -0.136. The molecule has 122 valence electrons. The Bertz CT molecular complexity index is 664. The Kier molecular flexibility index (Phi) is 4.53. The molecule has 1 saturated heterocycles. The number of thiol groups is 1. The van der Waals surface area contributed by atoms with Crippen LogP contribution in [-0.4, -0.2) is 41.8 Å². The number of imide groups is 1. The van der Waals surface area contributed by atoms with Crippen molar-refractivity contribution in [3.8, 4) is 0 Å². The number of rotatable bonds is 5. The van der Waals surface area contributed by atoms with Gasteiger partial charge in [0.1, 0.15) is 6.04 Å². The zero-order valence-electron chi connectivity index (χ0n) is 12.5. The molecule has 2 aliphatic heterocycles. The average Bonchev–Trinajstić information content (AvgIpc) is 2.85. The Hall–Kier alpha value is -2.06. The van der Waals surface area contributed by atoms with Crippen molar-refractivity contribution in [2.75, 3.05) is 18.4 Å². The minimum atomic E-state index is -0.584. The highest BCUT2D eigenvalue weighted by Crippen LogP contribution is 2.32. The molecule has 0 saturated carbocycles. The fourth-order valence-electron chi connectivity index (χ4n) is 3.01. The SMILES string of the molecule is O=C1CCC(N2Cc3cccc(NCCNS)c3C2=O)C(=O)N1. The molecule has 3 N–H and O–H groups in total. The minimum absolute atomic E-state index is 0.170. The summed E-state index contributed by atoms with van der Waals surface area (Å²) in [6.07, 6.45) is 0.631. The van der Waals surface area contributed by atoms with E-state index in [0.29, 0.717) is 31.6 Å². The topological polar surface area (TPSA) is 90.5 Å². The van der Waals surface area contributed by atoms with Gasteiger partial charge in [-0.3, -0.25) is 24.4 Å². The van der Waals surface area contributed by atoms with Crippen LogP contribution < -0.4 is 15.4 Å². The first-order valence-electron chi connectivity index (χ1n) is 7.49. The third-order valence-electron chi connectivity index (χ3n) is 4.10. The maximum Gasteiger partial charge on any atom is 0.257 e. The summed E-state index contributed by atoms with van der Waals surface area (Å²) in [5.74, 6) is -0.843. The summed E-state index contributed by atoms with van der Waals surface area (Å²) < 4.78 is 2.74. The van der Waals surface area contributed by atoms with Crippen molar-refractivity contribution >= 4 is 36.2 Å². The molecule has 3 rings (SSSR count). The molecule has 2 heterocycles. The maximum absolute atomic E-state index is 12.8. The fourth-order valence-corrected chi connectivity index (χ4v) is 3.13. The van der Waals surface area contributed by atoms with Gasteiger partial charge in [0, 0.05) is 31.7 Å². The lowest BCUT2D eigenvalue weighted by Crippen LogP contribution is -2.52. The molecule has 1 atom stereocenters. The monoisotopic (exact) mass is 334 g/mol. The van der Waals surface area contributed by atoms with E-state index in [4.69, 9.17) is 0 Å². The van der Waals surface area contributed by atoms with E-state index in [1.165, 1.54) is 0 Å². The summed E-state index contributed by atoms with van der Waals surface area (Å²) in [6, 6.07) is 5.04. The van der Waals surface area contributed by atoms with Crippen LogP contribution in [0.3, 0.4) is 0 Å². The first-order valence-corrected chi connectivity index (χ1v) is 7.94. The van der Waals surface area contributed by atoms with E-state index in [9.17, 15) is 14.4 Å². The summed E-state index contributed by atoms with van der Waals surface area (Å²) in [7, 11) is 0. The molecule has 1 unspecified atom stereocenters. The molecule has 3 amide bonds. The van der Waals surface area contributed by atoms with Crippen molar-refractivity contribution in [2.45, 2.75) is 25.4 Å².